The molecule has 1 aliphatic carbocycles. The van der Waals surface area contributed by atoms with Crippen molar-refractivity contribution in [2.24, 2.45) is 5.92 Å². The maximum atomic E-state index is 12.6. The summed E-state index contributed by atoms with van der Waals surface area (Å²) in [5.41, 5.74) is -0.203. The van der Waals surface area contributed by atoms with Crippen LogP contribution in [-0.4, -0.2) is 35.6 Å². The van der Waals surface area contributed by atoms with Gasteiger partial charge < -0.3 is 9.64 Å². The van der Waals surface area contributed by atoms with Crippen LogP contribution in [0.4, 0.5) is 0 Å². The highest BCUT2D eigenvalue weighted by molar-refractivity contribution is 5.89. The monoisotopic (exact) mass is 311 g/mol. The molecule has 2 fully saturated rings. The van der Waals surface area contributed by atoms with Crippen LogP contribution in [0.2, 0.25) is 0 Å². The maximum Gasteiger partial charge on any atom is 0.339 e. The van der Waals surface area contributed by atoms with Gasteiger partial charge in [-0.05, 0) is 38.9 Å². The van der Waals surface area contributed by atoms with E-state index in [4.69, 9.17) is 11.2 Å². The highest BCUT2D eigenvalue weighted by Crippen LogP contribution is 2.45. The Bertz CT molecular complexity index is 606. The Morgan fingerprint density at radius 3 is 2.70 bits per heavy atom. The van der Waals surface area contributed by atoms with Gasteiger partial charge in [-0.25, -0.2) is 4.79 Å². The SMILES string of the molecule is C#C[C@]1(OC(=O)c2ccccc2)C[C@@H](C)N(C)[C@@H]2CCCC[C@H]21. The predicted molar refractivity (Wildman–Crippen MR) is 91.0 cm³/mol. The van der Waals surface area contributed by atoms with Crippen LogP contribution < -0.4 is 0 Å². The molecule has 1 aliphatic heterocycles. The zero-order valence-corrected chi connectivity index (χ0v) is 14.0. The number of ether oxygens (including phenoxy) is 1. The van der Waals surface area contributed by atoms with Gasteiger partial charge in [0.2, 0.25) is 0 Å². The van der Waals surface area contributed by atoms with Gasteiger partial charge in [-0.3, -0.25) is 0 Å². The molecule has 3 heteroatoms. The van der Waals surface area contributed by atoms with Crippen LogP contribution in [0.15, 0.2) is 30.3 Å². The molecule has 0 unspecified atom stereocenters. The summed E-state index contributed by atoms with van der Waals surface area (Å²) in [5.74, 6) is 2.83. The average molecular weight is 311 g/mol. The first-order valence-electron chi connectivity index (χ1n) is 8.55. The number of carbonyl (C=O) groups excluding carboxylic acids is 1. The fourth-order valence-corrected chi connectivity index (χ4v) is 4.32. The van der Waals surface area contributed by atoms with E-state index in [0.29, 0.717) is 24.1 Å². The standard InChI is InChI=1S/C20H25NO2/c1-4-20(23-19(22)16-10-6-5-7-11-16)14-15(2)21(3)18-13-9-8-12-17(18)20/h1,5-7,10-11,15,17-18H,8-9,12-14H2,2-3H3/t15-,17-,18-,20+/m1/s1. The molecule has 0 radical (unpaired) electrons. The minimum absolute atomic E-state index is 0.232. The Morgan fingerprint density at radius 1 is 1.30 bits per heavy atom. The number of fused-ring (bicyclic) bond motifs is 1. The Kier molecular flexibility index (Phi) is 4.46. The lowest BCUT2D eigenvalue weighted by molar-refractivity contribution is -0.101. The zero-order chi connectivity index (χ0) is 16.4. The minimum atomic E-state index is -0.774. The van der Waals surface area contributed by atoms with Crippen molar-refractivity contribution in [3.63, 3.8) is 0 Å². The van der Waals surface area contributed by atoms with E-state index in [2.05, 4.69) is 24.8 Å². The van der Waals surface area contributed by atoms with Crippen LogP contribution in [0, 0.1) is 18.3 Å². The first-order valence-corrected chi connectivity index (χ1v) is 8.55. The van der Waals surface area contributed by atoms with E-state index in [0.717, 1.165) is 19.3 Å². The maximum absolute atomic E-state index is 12.6. The molecule has 2 aliphatic rings. The van der Waals surface area contributed by atoms with Crippen LogP contribution in [0.5, 0.6) is 0 Å². The van der Waals surface area contributed by atoms with Crippen molar-refractivity contribution in [3.05, 3.63) is 35.9 Å². The van der Waals surface area contributed by atoms with Gasteiger partial charge in [-0.15, -0.1) is 6.42 Å². The number of hydrogen-bond acceptors (Lipinski definition) is 3. The first-order chi connectivity index (χ1) is 11.1. The van der Waals surface area contributed by atoms with Gasteiger partial charge in [0.05, 0.1) is 5.56 Å². The molecule has 0 spiro atoms. The molecular weight excluding hydrogens is 286 g/mol. The van der Waals surface area contributed by atoms with Crippen molar-refractivity contribution in [2.75, 3.05) is 7.05 Å². The van der Waals surface area contributed by atoms with E-state index in [1.54, 1.807) is 12.1 Å². The highest BCUT2D eigenvalue weighted by atomic mass is 16.6. The van der Waals surface area contributed by atoms with Crippen molar-refractivity contribution in [1.29, 1.82) is 0 Å². The van der Waals surface area contributed by atoms with Gasteiger partial charge >= 0.3 is 5.97 Å². The molecule has 1 heterocycles. The molecule has 1 saturated heterocycles. The molecule has 3 rings (SSSR count). The molecule has 4 atom stereocenters. The van der Waals surface area contributed by atoms with E-state index in [-0.39, 0.29) is 11.9 Å². The van der Waals surface area contributed by atoms with Crippen molar-refractivity contribution in [3.8, 4) is 12.3 Å². The van der Waals surface area contributed by atoms with Gasteiger partial charge in [-0.2, -0.15) is 0 Å². The van der Waals surface area contributed by atoms with Crippen molar-refractivity contribution in [1.82, 2.24) is 4.90 Å². The van der Waals surface area contributed by atoms with Gasteiger partial charge in [0.15, 0.2) is 5.60 Å². The molecule has 1 aromatic rings. The third-order valence-corrected chi connectivity index (χ3v) is 5.67. The summed E-state index contributed by atoms with van der Waals surface area (Å²) in [6.07, 6.45) is 11.2. The second kappa shape index (κ2) is 6.37. The Morgan fingerprint density at radius 2 is 2.00 bits per heavy atom. The number of carbonyl (C=O) groups is 1. The molecule has 23 heavy (non-hydrogen) atoms. The first kappa shape index (κ1) is 16.1. The molecule has 1 aromatic carbocycles. The predicted octanol–water partition coefficient (Wildman–Crippen LogP) is 3.50. The molecule has 0 bridgehead atoms. The lowest BCUT2D eigenvalue weighted by Crippen LogP contribution is -2.61. The smallest absolute Gasteiger partial charge is 0.339 e. The third kappa shape index (κ3) is 2.88. The third-order valence-electron chi connectivity index (χ3n) is 5.67. The summed E-state index contributed by atoms with van der Waals surface area (Å²) in [4.78, 5) is 15.0. The molecule has 0 N–H and O–H groups in total. The molecular formula is C20H25NO2. The molecule has 0 amide bonds. The quantitative estimate of drug-likeness (QED) is 0.618. The average Bonchev–Trinajstić information content (AvgIpc) is 2.60. The lowest BCUT2D eigenvalue weighted by atomic mass is 9.67. The van der Waals surface area contributed by atoms with E-state index in [1.165, 1.54) is 6.42 Å². The van der Waals surface area contributed by atoms with E-state index in [1.807, 2.05) is 18.2 Å². The minimum Gasteiger partial charge on any atom is -0.442 e. The van der Waals surface area contributed by atoms with Gasteiger partial charge in [-0.1, -0.05) is 37.0 Å². The fraction of sp³-hybridized carbons (Fsp3) is 0.550. The summed E-state index contributed by atoms with van der Waals surface area (Å²) < 4.78 is 6.00. The largest absolute Gasteiger partial charge is 0.442 e. The lowest BCUT2D eigenvalue weighted by Gasteiger charge is -2.53. The van der Waals surface area contributed by atoms with Gasteiger partial charge in [0.1, 0.15) is 0 Å². The Balaban J connectivity index is 1.89. The van der Waals surface area contributed by atoms with E-state index in [9.17, 15) is 4.79 Å². The van der Waals surface area contributed by atoms with E-state index < -0.39 is 5.60 Å². The molecule has 1 saturated carbocycles. The summed E-state index contributed by atoms with van der Waals surface area (Å²) in [7, 11) is 2.17. The summed E-state index contributed by atoms with van der Waals surface area (Å²) >= 11 is 0. The van der Waals surface area contributed by atoms with Crippen molar-refractivity contribution < 1.29 is 9.53 Å². The van der Waals surface area contributed by atoms with Crippen LogP contribution in [0.25, 0.3) is 0 Å². The van der Waals surface area contributed by atoms with Crippen LogP contribution >= 0.6 is 0 Å². The summed E-state index contributed by atoms with van der Waals surface area (Å²) in [5, 5.41) is 0. The van der Waals surface area contributed by atoms with Crippen molar-refractivity contribution in [2.45, 2.75) is 56.7 Å². The van der Waals surface area contributed by atoms with Crippen molar-refractivity contribution >= 4 is 5.97 Å². The van der Waals surface area contributed by atoms with Crippen LogP contribution in [-0.2, 0) is 4.74 Å². The number of likely N-dealkylation sites (tertiary alicyclic amines) is 1. The number of terminal acetylenes is 1. The Hall–Kier alpha value is -1.79. The Labute approximate surface area is 139 Å². The second-order valence-electron chi connectivity index (χ2n) is 6.97. The summed E-state index contributed by atoms with van der Waals surface area (Å²) in [6.45, 7) is 2.17. The molecule has 0 aromatic heterocycles. The highest BCUT2D eigenvalue weighted by Gasteiger charge is 2.52. The fourth-order valence-electron chi connectivity index (χ4n) is 4.32. The molecule has 3 nitrogen and oxygen atoms in total. The second-order valence-corrected chi connectivity index (χ2v) is 6.97. The van der Waals surface area contributed by atoms with Gasteiger partial charge in [0.25, 0.3) is 0 Å². The number of nitrogens with zero attached hydrogens (tertiary/aromatic N) is 1. The number of benzene rings is 1. The number of hydrogen-bond donors (Lipinski definition) is 0. The zero-order valence-electron chi connectivity index (χ0n) is 14.0. The normalized spacial score (nSPS) is 34.2. The number of rotatable bonds is 2. The van der Waals surface area contributed by atoms with Crippen LogP contribution in [0.1, 0.15) is 49.4 Å². The van der Waals surface area contributed by atoms with Crippen LogP contribution in [0.3, 0.4) is 0 Å². The molecule has 122 valence electrons. The number of piperidine rings is 1. The summed E-state index contributed by atoms with van der Waals surface area (Å²) in [6, 6.07) is 9.87. The number of esters is 1. The van der Waals surface area contributed by atoms with E-state index >= 15 is 0 Å². The topological polar surface area (TPSA) is 29.5 Å². The van der Waals surface area contributed by atoms with Gasteiger partial charge in [0, 0.05) is 24.4 Å².